The number of benzene rings is 1. The van der Waals surface area contributed by atoms with Crippen LogP contribution in [0.1, 0.15) is 27.0 Å². The van der Waals surface area contributed by atoms with Crippen molar-refractivity contribution in [3.05, 3.63) is 50.8 Å². The third-order valence-electron chi connectivity index (χ3n) is 4.92. The predicted octanol–water partition coefficient (Wildman–Crippen LogP) is 2.58. The number of hydrogen-bond donors (Lipinski definition) is 2. The fourth-order valence-electron chi connectivity index (χ4n) is 3.52. The lowest BCUT2D eigenvalue weighted by atomic mass is 10.0. The number of alkyl halides is 2. The van der Waals surface area contributed by atoms with Gasteiger partial charge in [-0.25, -0.2) is 4.98 Å². The van der Waals surface area contributed by atoms with Crippen molar-refractivity contribution in [3.8, 4) is 17.3 Å². The molecule has 32 heavy (non-hydrogen) atoms. The maximum Gasteiger partial charge on any atom is 0.388 e. The van der Waals surface area contributed by atoms with Crippen LogP contribution >= 0.6 is 0 Å². The summed E-state index contributed by atoms with van der Waals surface area (Å²) in [6.45, 7) is 1.76. The molecule has 0 aliphatic carbocycles. The van der Waals surface area contributed by atoms with E-state index >= 15 is 0 Å². The topological polar surface area (TPSA) is 132 Å². The summed E-state index contributed by atoms with van der Waals surface area (Å²) in [5.41, 5.74) is 12.4. The van der Waals surface area contributed by atoms with Gasteiger partial charge in [0.15, 0.2) is 6.79 Å². The van der Waals surface area contributed by atoms with Gasteiger partial charge in [0.1, 0.15) is 17.1 Å². The second-order valence-electron chi connectivity index (χ2n) is 7.06. The fraction of sp³-hybridized carbons (Fsp3) is 0.286. The number of carbonyl (C=O) groups is 1. The molecule has 0 spiro atoms. The Bertz CT molecular complexity index is 1270. The highest BCUT2D eigenvalue weighted by atomic mass is 19.3. The molecular weight excluding hydrogens is 426 g/mol. The summed E-state index contributed by atoms with van der Waals surface area (Å²) in [7, 11) is 1.47. The first kappa shape index (κ1) is 22.9. The average Bonchev–Trinajstić information content (AvgIpc) is 2.70. The Morgan fingerprint density at radius 2 is 1.91 bits per heavy atom. The Kier molecular flexibility index (Phi) is 6.30. The lowest BCUT2D eigenvalue weighted by molar-refractivity contribution is -0.0531. The number of pyridine rings is 2. The van der Waals surface area contributed by atoms with E-state index in [9.17, 15) is 18.4 Å². The van der Waals surface area contributed by atoms with Crippen molar-refractivity contribution in [2.24, 2.45) is 5.73 Å². The number of primary amides is 1. The van der Waals surface area contributed by atoms with Crippen LogP contribution in [-0.4, -0.2) is 36.0 Å². The van der Waals surface area contributed by atoms with Crippen molar-refractivity contribution in [2.75, 3.05) is 19.6 Å². The lowest BCUT2D eigenvalue weighted by Crippen LogP contribution is -2.28. The van der Waals surface area contributed by atoms with Gasteiger partial charge in [-0.05, 0) is 38.5 Å². The molecule has 2 heterocycles. The number of nitrogens with two attached hydrogens (primary N) is 2. The molecule has 2 aromatic heterocycles. The van der Waals surface area contributed by atoms with Gasteiger partial charge >= 0.3 is 6.61 Å². The van der Waals surface area contributed by atoms with E-state index in [1.54, 1.807) is 26.0 Å². The molecule has 0 bridgehead atoms. The molecule has 0 saturated carbocycles. The quantitative estimate of drug-likeness (QED) is 0.531. The van der Waals surface area contributed by atoms with Gasteiger partial charge in [0.2, 0.25) is 5.88 Å². The molecule has 3 aromatic rings. The standard InChI is InChI=1S/C21H22F2N4O5/c1-9-5-6-13(31-8-30-4)11(3)16(9)27-17(24)14(18(25)28)15-12(20(27)29)7-10(2)19(26-15)32-21(22)23/h5-7,21H,8,24H2,1-4H3,(H2,25,28). The number of nitrogens with zero attached hydrogens (tertiary/aromatic N) is 2. The molecule has 9 nitrogen and oxygen atoms in total. The van der Waals surface area contributed by atoms with Gasteiger partial charge in [-0.1, -0.05) is 6.07 Å². The van der Waals surface area contributed by atoms with Crippen LogP contribution < -0.4 is 26.5 Å². The van der Waals surface area contributed by atoms with E-state index in [0.29, 0.717) is 22.6 Å². The third-order valence-corrected chi connectivity index (χ3v) is 4.92. The van der Waals surface area contributed by atoms with Crippen molar-refractivity contribution in [3.63, 3.8) is 0 Å². The SMILES string of the molecule is COCOc1ccc(C)c(-n2c(N)c(C(N)=O)c3nc(OC(F)F)c(C)cc3c2=O)c1C. The maximum absolute atomic E-state index is 13.5. The number of halogens is 2. The van der Waals surface area contributed by atoms with Crippen molar-refractivity contribution < 1.29 is 27.8 Å². The molecule has 11 heteroatoms. The highest BCUT2D eigenvalue weighted by molar-refractivity contribution is 6.08. The summed E-state index contributed by atoms with van der Waals surface area (Å²) in [6, 6.07) is 4.74. The fourth-order valence-corrected chi connectivity index (χ4v) is 3.52. The zero-order chi connectivity index (χ0) is 23.7. The van der Waals surface area contributed by atoms with E-state index in [4.69, 9.17) is 20.9 Å². The van der Waals surface area contributed by atoms with Crippen LogP contribution in [0.15, 0.2) is 23.0 Å². The van der Waals surface area contributed by atoms with Crippen molar-refractivity contribution in [2.45, 2.75) is 27.4 Å². The number of amides is 1. The second kappa shape index (κ2) is 8.79. The second-order valence-corrected chi connectivity index (χ2v) is 7.06. The van der Waals surface area contributed by atoms with Crippen LogP contribution in [0, 0.1) is 20.8 Å². The summed E-state index contributed by atoms with van der Waals surface area (Å²) in [4.78, 5) is 29.7. The van der Waals surface area contributed by atoms with Gasteiger partial charge in [-0.2, -0.15) is 8.78 Å². The largest absolute Gasteiger partial charge is 0.467 e. The minimum absolute atomic E-state index is 0.0198. The van der Waals surface area contributed by atoms with E-state index in [1.165, 1.54) is 20.1 Å². The molecular formula is C21H22F2N4O5. The number of aromatic nitrogens is 2. The minimum atomic E-state index is -3.14. The Labute approximate surface area is 181 Å². The molecule has 0 unspecified atom stereocenters. The highest BCUT2D eigenvalue weighted by Gasteiger charge is 2.25. The van der Waals surface area contributed by atoms with Crippen molar-refractivity contribution >= 4 is 22.6 Å². The first-order valence-corrected chi connectivity index (χ1v) is 9.41. The smallest absolute Gasteiger partial charge is 0.388 e. The maximum atomic E-state index is 13.5. The molecule has 0 radical (unpaired) electrons. The number of hydrogen-bond acceptors (Lipinski definition) is 7. The summed E-state index contributed by atoms with van der Waals surface area (Å²) in [5, 5.41) is -0.0332. The summed E-state index contributed by atoms with van der Waals surface area (Å²) < 4.78 is 41.5. The molecule has 1 aromatic carbocycles. The van der Waals surface area contributed by atoms with E-state index in [1.807, 2.05) is 0 Å². The average molecular weight is 448 g/mol. The Balaban J connectivity index is 2.43. The molecule has 4 N–H and O–H groups in total. The zero-order valence-electron chi connectivity index (χ0n) is 17.9. The molecule has 3 rings (SSSR count). The van der Waals surface area contributed by atoms with Crippen molar-refractivity contribution in [1.29, 1.82) is 0 Å². The first-order valence-electron chi connectivity index (χ1n) is 9.41. The number of carbonyl (C=O) groups excluding carboxylic acids is 1. The minimum Gasteiger partial charge on any atom is -0.467 e. The molecule has 170 valence electrons. The normalized spacial score (nSPS) is 11.2. The number of fused-ring (bicyclic) bond motifs is 1. The van der Waals surface area contributed by atoms with Gasteiger partial charge < -0.3 is 25.7 Å². The van der Waals surface area contributed by atoms with Gasteiger partial charge in [-0.15, -0.1) is 0 Å². The van der Waals surface area contributed by atoms with Crippen LogP contribution in [0.25, 0.3) is 16.6 Å². The van der Waals surface area contributed by atoms with E-state index in [0.717, 1.165) is 4.57 Å². The number of methoxy groups -OCH3 is 1. The summed E-state index contributed by atoms with van der Waals surface area (Å²) >= 11 is 0. The monoisotopic (exact) mass is 448 g/mol. The van der Waals surface area contributed by atoms with Gasteiger partial charge in [0.05, 0.1) is 16.6 Å². The molecule has 1 amide bonds. The number of aryl methyl sites for hydroxylation is 2. The Morgan fingerprint density at radius 1 is 1.22 bits per heavy atom. The number of ether oxygens (including phenoxy) is 3. The molecule has 0 atom stereocenters. The number of rotatable bonds is 7. The summed E-state index contributed by atoms with van der Waals surface area (Å²) in [5.74, 6) is -1.27. The van der Waals surface area contributed by atoms with E-state index in [-0.39, 0.29) is 34.6 Å². The van der Waals surface area contributed by atoms with Gasteiger partial charge in [0, 0.05) is 18.2 Å². The van der Waals surface area contributed by atoms with E-state index in [2.05, 4.69) is 9.72 Å². The van der Waals surface area contributed by atoms with Gasteiger partial charge in [0.25, 0.3) is 11.5 Å². The molecule has 0 saturated heterocycles. The van der Waals surface area contributed by atoms with Crippen LogP contribution in [0.2, 0.25) is 0 Å². The van der Waals surface area contributed by atoms with Crippen LogP contribution in [0.3, 0.4) is 0 Å². The Morgan fingerprint density at radius 3 is 2.50 bits per heavy atom. The molecule has 0 aliphatic rings. The Hall–Kier alpha value is -3.73. The van der Waals surface area contributed by atoms with Crippen LogP contribution in [0.5, 0.6) is 11.6 Å². The first-order chi connectivity index (χ1) is 15.1. The summed E-state index contributed by atoms with van der Waals surface area (Å²) in [6.07, 6.45) is 0. The van der Waals surface area contributed by atoms with Gasteiger partial charge in [-0.3, -0.25) is 14.2 Å². The highest BCUT2D eigenvalue weighted by Crippen LogP contribution is 2.32. The number of anilines is 1. The van der Waals surface area contributed by atoms with E-state index < -0.39 is 24.0 Å². The lowest BCUT2D eigenvalue weighted by Gasteiger charge is -2.20. The zero-order valence-corrected chi connectivity index (χ0v) is 17.9. The van der Waals surface area contributed by atoms with Crippen LogP contribution in [0.4, 0.5) is 14.6 Å². The predicted molar refractivity (Wildman–Crippen MR) is 114 cm³/mol. The number of nitrogen functional groups attached to an aromatic ring is 1. The van der Waals surface area contributed by atoms with Crippen LogP contribution in [-0.2, 0) is 4.74 Å². The molecule has 0 aliphatic heterocycles. The molecule has 0 fully saturated rings. The van der Waals surface area contributed by atoms with Crippen molar-refractivity contribution in [1.82, 2.24) is 9.55 Å². The third kappa shape index (κ3) is 3.94.